The third kappa shape index (κ3) is 3.16. The number of thioether (sulfide) groups is 1. The number of alkyl halides is 1. The maximum Gasteiger partial charge on any atom is 0.157 e. The maximum atomic E-state index is 4.60. The molecule has 1 N–H and O–H groups in total. The largest absolute Gasteiger partial charge is 0.362 e. The van der Waals surface area contributed by atoms with E-state index in [0.717, 1.165) is 10.5 Å². The van der Waals surface area contributed by atoms with E-state index in [1.807, 2.05) is 11.8 Å². The Morgan fingerprint density at radius 3 is 2.57 bits per heavy atom. The van der Waals surface area contributed by atoms with Crippen molar-refractivity contribution in [1.29, 1.82) is 0 Å². The van der Waals surface area contributed by atoms with Gasteiger partial charge in [0, 0.05) is 16.6 Å². The van der Waals surface area contributed by atoms with Gasteiger partial charge in [0.2, 0.25) is 0 Å². The Balaban J connectivity index is 2.44. The van der Waals surface area contributed by atoms with Crippen molar-refractivity contribution in [2.45, 2.75) is 45.0 Å². The molecule has 0 saturated carbocycles. The molecule has 0 aromatic carbocycles. The van der Waals surface area contributed by atoms with E-state index in [9.17, 15) is 0 Å². The van der Waals surface area contributed by atoms with Crippen LogP contribution < -0.4 is 5.32 Å². The van der Waals surface area contributed by atoms with Gasteiger partial charge in [-0.25, -0.2) is 0 Å². The van der Waals surface area contributed by atoms with Crippen LogP contribution in [-0.4, -0.2) is 27.8 Å². The Morgan fingerprint density at radius 1 is 1.50 bits per heavy atom. The van der Waals surface area contributed by atoms with Crippen LogP contribution in [0.2, 0.25) is 0 Å². The number of rotatable bonds is 3. The molecule has 0 spiro atoms. The lowest BCUT2D eigenvalue weighted by atomic mass is 10.1. The van der Waals surface area contributed by atoms with E-state index in [2.05, 4.69) is 53.9 Å². The first kappa shape index (κ1) is 12.4. The molecule has 0 aliphatic carbocycles. The third-order valence-electron chi connectivity index (χ3n) is 2.63. The van der Waals surface area contributed by atoms with Gasteiger partial charge < -0.3 is 5.32 Å². The average Bonchev–Trinajstić information content (AvgIpc) is 2.45. The van der Waals surface area contributed by atoms with Crippen LogP contribution in [0.5, 0.6) is 0 Å². The second-order valence-corrected chi connectivity index (χ2v) is 6.04. The van der Waals surface area contributed by atoms with E-state index in [-0.39, 0.29) is 0 Å². The predicted molar refractivity (Wildman–Crippen MR) is 69.5 cm³/mol. The van der Waals surface area contributed by atoms with E-state index in [4.69, 9.17) is 0 Å². The van der Waals surface area contributed by atoms with Gasteiger partial charge in [-0.1, -0.05) is 41.5 Å². The van der Waals surface area contributed by atoms with E-state index in [0.29, 0.717) is 23.3 Å². The summed E-state index contributed by atoms with van der Waals surface area (Å²) in [7, 11) is 0. The number of amidine groups is 1. The summed E-state index contributed by atoms with van der Waals surface area (Å²) in [4.78, 5) is 4.60. The minimum atomic E-state index is 0.432. The van der Waals surface area contributed by atoms with Gasteiger partial charge in [-0.2, -0.15) is 0 Å². The van der Waals surface area contributed by atoms with Crippen molar-refractivity contribution >= 4 is 32.9 Å². The number of nitrogens with one attached hydrogen (secondary N) is 1. The SMILES string of the molecule is CC(C)C(C)NC1=NC(C)C(CBr)S1. The molecule has 3 atom stereocenters. The number of nitrogens with zero attached hydrogens (tertiary/aromatic N) is 1. The molecular weight excluding hydrogens is 260 g/mol. The highest BCUT2D eigenvalue weighted by atomic mass is 79.9. The van der Waals surface area contributed by atoms with Crippen LogP contribution in [0.25, 0.3) is 0 Å². The van der Waals surface area contributed by atoms with Crippen molar-refractivity contribution in [1.82, 2.24) is 5.32 Å². The first-order chi connectivity index (χ1) is 6.54. The van der Waals surface area contributed by atoms with Crippen molar-refractivity contribution in [3.8, 4) is 0 Å². The van der Waals surface area contributed by atoms with E-state index in [1.165, 1.54) is 0 Å². The molecule has 14 heavy (non-hydrogen) atoms. The molecule has 3 unspecified atom stereocenters. The molecule has 4 heteroatoms. The van der Waals surface area contributed by atoms with Gasteiger partial charge in [-0.05, 0) is 19.8 Å². The first-order valence-corrected chi connectivity index (χ1v) is 7.11. The van der Waals surface area contributed by atoms with Crippen LogP contribution in [0, 0.1) is 5.92 Å². The third-order valence-corrected chi connectivity index (χ3v) is 5.06. The lowest BCUT2D eigenvalue weighted by Crippen LogP contribution is -2.34. The number of aliphatic imine (C=N–C) groups is 1. The fourth-order valence-electron chi connectivity index (χ4n) is 1.13. The Hall–Kier alpha value is 0.300. The summed E-state index contributed by atoms with van der Waals surface area (Å²) in [6.45, 7) is 8.83. The smallest absolute Gasteiger partial charge is 0.157 e. The standard InChI is InChI=1S/C10H19BrN2S/c1-6(2)7(3)12-10-13-8(4)9(5-11)14-10/h6-9H,5H2,1-4H3,(H,12,13). The van der Waals surface area contributed by atoms with E-state index < -0.39 is 0 Å². The highest BCUT2D eigenvalue weighted by Gasteiger charge is 2.26. The minimum absolute atomic E-state index is 0.432. The van der Waals surface area contributed by atoms with E-state index in [1.54, 1.807) is 0 Å². The highest BCUT2D eigenvalue weighted by molar-refractivity contribution is 9.09. The molecule has 0 saturated heterocycles. The Kier molecular flexibility index (Phi) is 4.77. The molecule has 0 radical (unpaired) electrons. The summed E-state index contributed by atoms with van der Waals surface area (Å²) >= 11 is 5.37. The van der Waals surface area contributed by atoms with Crippen molar-refractivity contribution in [2.24, 2.45) is 10.9 Å². The number of hydrogen-bond acceptors (Lipinski definition) is 3. The molecule has 0 amide bonds. The quantitative estimate of drug-likeness (QED) is 0.803. The predicted octanol–water partition coefficient (Wildman–Crippen LogP) is 2.88. The minimum Gasteiger partial charge on any atom is -0.362 e. The molecule has 0 bridgehead atoms. The second kappa shape index (κ2) is 5.40. The molecule has 82 valence electrons. The van der Waals surface area contributed by atoms with Crippen LogP contribution in [-0.2, 0) is 0 Å². The Bertz CT molecular complexity index is 218. The zero-order valence-corrected chi connectivity index (χ0v) is 11.7. The van der Waals surface area contributed by atoms with Crippen LogP contribution in [0.15, 0.2) is 4.99 Å². The summed E-state index contributed by atoms with van der Waals surface area (Å²) in [6, 6.07) is 0.934. The molecular formula is C10H19BrN2S. The summed E-state index contributed by atoms with van der Waals surface area (Å²) in [5.41, 5.74) is 0. The van der Waals surface area contributed by atoms with Gasteiger partial charge in [0.15, 0.2) is 5.17 Å². The lowest BCUT2D eigenvalue weighted by molar-refractivity contribution is 0.489. The van der Waals surface area contributed by atoms with Crippen LogP contribution in [0.3, 0.4) is 0 Å². The molecule has 1 heterocycles. The van der Waals surface area contributed by atoms with E-state index >= 15 is 0 Å². The normalized spacial score (nSPS) is 29.1. The lowest BCUT2D eigenvalue weighted by Gasteiger charge is -2.18. The monoisotopic (exact) mass is 278 g/mol. The van der Waals surface area contributed by atoms with Crippen LogP contribution in [0.1, 0.15) is 27.7 Å². The van der Waals surface area contributed by atoms with Gasteiger partial charge in [-0.3, -0.25) is 4.99 Å². The zero-order valence-electron chi connectivity index (χ0n) is 9.25. The van der Waals surface area contributed by atoms with Gasteiger partial charge in [0.05, 0.1) is 6.04 Å². The van der Waals surface area contributed by atoms with Crippen LogP contribution in [0.4, 0.5) is 0 Å². The molecule has 0 aromatic rings. The summed E-state index contributed by atoms with van der Waals surface area (Å²) in [6.07, 6.45) is 0. The summed E-state index contributed by atoms with van der Waals surface area (Å²) < 4.78 is 0. The molecule has 1 aliphatic heterocycles. The molecule has 2 nitrogen and oxygen atoms in total. The van der Waals surface area contributed by atoms with Crippen molar-refractivity contribution in [2.75, 3.05) is 5.33 Å². The van der Waals surface area contributed by atoms with Crippen molar-refractivity contribution in [3.63, 3.8) is 0 Å². The Labute approximate surface area is 99.5 Å². The average molecular weight is 279 g/mol. The highest BCUT2D eigenvalue weighted by Crippen LogP contribution is 2.27. The first-order valence-electron chi connectivity index (χ1n) is 5.11. The summed E-state index contributed by atoms with van der Waals surface area (Å²) in [5.74, 6) is 0.650. The fourth-order valence-corrected chi connectivity index (χ4v) is 3.16. The maximum absolute atomic E-state index is 4.60. The summed E-state index contributed by atoms with van der Waals surface area (Å²) in [5, 5.41) is 6.19. The molecule has 1 rings (SSSR count). The molecule has 1 aliphatic rings. The number of hydrogen-bond donors (Lipinski definition) is 1. The van der Waals surface area contributed by atoms with Gasteiger partial charge in [-0.15, -0.1) is 0 Å². The van der Waals surface area contributed by atoms with Gasteiger partial charge >= 0.3 is 0 Å². The Morgan fingerprint density at radius 2 is 2.14 bits per heavy atom. The van der Waals surface area contributed by atoms with Gasteiger partial charge in [0.1, 0.15) is 0 Å². The van der Waals surface area contributed by atoms with Crippen molar-refractivity contribution in [3.05, 3.63) is 0 Å². The van der Waals surface area contributed by atoms with Crippen LogP contribution >= 0.6 is 27.7 Å². The van der Waals surface area contributed by atoms with Gasteiger partial charge in [0.25, 0.3) is 0 Å². The van der Waals surface area contributed by atoms with Crippen molar-refractivity contribution < 1.29 is 0 Å². The number of halogens is 1. The molecule has 0 fully saturated rings. The molecule has 0 aromatic heterocycles. The zero-order chi connectivity index (χ0) is 10.7. The topological polar surface area (TPSA) is 24.4 Å². The fraction of sp³-hybridized carbons (Fsp3) is 0.900. The second-order valence-electron chi connectivity index (χ2n) is 4.16.